The van der Waals surface area contributed by atoms with Crippen molar-refractivity contribution in [2.24, 2.45) is 0 Å². The summed E-state index contributed by atoms with van der Waals surface area (Å²) in [6.07, 6.45) is 5.13. The van der Waals surface area contributed by atoms with Gasteiger partial charge in [-0.1, -0.05) is 31.0 Å². The summed E-state index contributed by atoms with van der Waals surface area (Å²) in [4.78, 5) is 16.4. The Morgan fingerprint density at radius 1 is 1.12 bits per heavy atom. The number of nitrogens with zero attached hydrogens (tertiary/aromatic N) is 1. The van der Waals surface area contributed by atoms with Crippen LogP contribution in [0.2, 0.25) is 0 Å². The highest BCUT2D eigenvalue weighted by molar-refractivity contribution is 9.10. The fourth-order valence-corrected chi connectivity index (χ4v) is 4.55. The largest absolute Gasteiger partial charge is 0.350 e. The molecule has 0 saturated carbocycles. The quantitative estimate of drug-likeness (QED) is 0.768. The molecule has 3 rings (SSSR count). The zero-order valence-electron chi connectivity index (χ0n) is 13.7. The lowest BCUT2D eigenvalue weighted by atomic mass is 10.1. The lowest BCUT2D eigenvalue weighted by Crippen LogP contribution is -2.38. The lowest BCUT2D eigenvalue weighted by molar-refractivity contribution is 0.0933. The van der Waals surface area contributed by atoms with E-state index in [1.54, 1.807) is 11.3 Å². The van der Waals surface area contributed by atoms with E-state index in [-0.39, 0.29) is 11.9 Å². The number of rotatable bonds is 5. The highest BCUT2D eigenvalue weighted by atomic mass is 79.9. The Labute approximate surface area is 156 Å². The fourth-order valence-electron chi connectivity index (χ4n) is 3.23. The molecule has 24 heavy (non-hydrogen) atoms. The SMILES string of the molecule is O=C(NCC(c1cccs1)N1CCCCCC1)c1ccccc1Br. The van der Waals surface area contributed by atoms with Gasteiger partial charge in [0.1, 0.15) is 0 Å². The van der Waals surface area contributed by atoms with E-state index in [1.807, 2.05) is 24.3 Å². The molecule has 1 aliphatic heterocycles. The van der Waals surface area contributed by atoms with Crippen molar-refractivity contribution < 1.29 is 4.79 Å². The maximum Gasteiger partial charge on any atom is 0.252 e. The predicted molar refractivity (Wildman–Crippen MR) is 104 cm³/mol. The number of likely N-dealkylation sites (tertiary alicyclic amines) is 1. The first-order valence-electron chi connectivity index (χ1n) is 8.56. The van der Waals surface area contributed by atoms with Gasteiger partial charge in [0.2, 0.25) is 0 Å². The second-order valence-electron chi connectivity index (χ2n) is 6.17. The van der Waals surface area contributed by atoms with Gasteiger partial charge in [0.05, 0.1) is 11.6 Å². The molecule has 0 spiro atoms. The number of halogens is 1. The molecule has 1 aromatic carbocycles. The van der Waals surface area contributed by atoms with Crippen LogP contribution in [0.4, 0.5) is 0 Å². The van der Waals surface area contributed by atoms with Crippen LogP contribution >= 0.6 is 27.3 Å². The number of benzene rings is 1. The smallest absolute Gasteiger partial charge is 0.252 e. The average molecular weight is 407 g/mol. The molecule has 1 unspecified atom stereocenters. The number of carbonyl (C=O) groups is 1. The van der Waals surface area contributed by atoms with Crippen molar-refractivity contribution >= 4 is 33.2 Å². The maximum atomic E-state index is 12.5. The molecule has 2 heterocycles. The van der Waals surface area contributed by atoms with Crippen LogP contribution in [-0.4, -0.2) is 30.4 Å². The third-order valence-electron chi connectivity index (χ3n) is 4.53. The fraction of sp³-hybridized carbons (Fsp3) is 0.421. The Morgan fingerprint density at radius 2 is 1.88 bits per heavy atom. The molecular formula is C19H23BrN2OS. The minimum Gasteiger partial charge on any atom is -0.350 e. The maximum absolute atomic E-state index is 12.5. The molecule has 2 aromatic rings. The van der Waals surface area contributed by atoms with Crippen molar-refractivity contribution in [2.45, 2.75) is 31.7 Å². The summed E-state index contributed by atoms with van der Waals surface area (Å²) in [5, 5.41) is 5.26. The summed E-state index contributed by atoms with van der Waals surface area (Å²) in [7, 11) is 0. The predicted octanol–water partition coefficient (Wildman–Crippen LogP) is 4.86. The molecule has 1 N–H and O–H groups in total. The summed E-state index contributed by atoms with van der Waals surface area (Å²) in [5.41, 5.74) is 0.693. The van der Waals surface area contributed by atoms with Crippen LogP contribution in [0.1, 0.15) is 47.0 Å². The van der Waals surface area contributed by atoms with Crippen molar-refractivity contribution in [1.29, 1.82) is 0 Å². The van der Waals surface area contributed by atoms with E-state index < -0.39 is 0 Å². The van der Waals surface area contributed by atoms with Gasteiger partial charge < -0.3 is 5.32 Å². The number of carbonyl (C=O) groups excluding carboxylic acids is 1. The Bertz CT molecular complexity index is 651. The summed E-state index contributed by atoms with van der Waals surface area (Å²) < 4.78 is 0.838. The van der Waals surface area contributed by atoms with Gasteiger partial charge in [0.15, 0.2) is 0 Å². The molecule has 0 aliphatic carbocycles. The van der Waals surface area contributed by atoms with Crippen LogP contribution in [0.25, 0.3) is 0 Å². The summed E-state index contributed by atoms with van der Waals surface area (Å²) in [6.45, 7) is 2.89. The zero-order valence-corrected chi connectivity index (χ0v) is 16.1. The third-order valence-corrected chi connectivity index (χ3v) is 6.19. The van der Waals surface area contributed by atoms with Crippen LogP contribution in [0.3, 0.4) is 0 Å². The molecule has 1 atom stereocenters. The van der Waals surface area contributed by atoms with Crippen LogP contribution in [0.5, 0.6) is 0 Å². The van der Waals surface area contributed by atoms with Gasteiger partial charge in [0.25, 0.3) is 5.91 Å². The van der Waals surface area contributed by atoms with Crippen molar-refractivity contribution in [2.75, 3.05) is 19.6 Å². The topological polar surface area (TPSA) is 32.3 Å². The van der Waals surface area contributed by atoms with Gasteiger partial charge in [-0.25, -0.2) is 0 Å². The molecule has 1 saturated heterocycles. The van der Waals surface area contributed by atoms with Gasteiger partial charge in [-0.3, -0.25) is 9.69 Å². The highest BCUT2D eigenvalue weighted by Gasteiger charge is 2.23. The summed E-state index contributed by atoms with van der Waals surface area (Å²) in [6, 6.07) is 12.1. The molecule has 0 radical (unpaired) electrons. The van der Waals surface area contributed by atoms with Gasteiger partial charge in [-0.2, -0.15) is 0 Å². The Balaban J connectivity index is 1.70. The number of amides is 1. The number of thiophene rings is 1. The van der Waals surface area contributed by atoms with Gasteiger partial charge in [-0.05, 0) is 65.4 Å². The molecule has 1 amide bonds. The molecule has 1 aliphatic rings. The van der Waals surface area contributed by atoms with Gasteiger partial charge in [0, 0.05) is 15.9 Å². The third kappa shape index (κ3) is 4.47. The Morgan fingerprint density at radius 3 is 2.54 bits per heavy atom. The molecule has 3 nitrogen and oxygen atoms in total. The van der Waals surface area contributed by atoms with Crippen LogP contribution in [-0.2, 0) is 0 Å². The van der Waals surface area contributed by atoms with Gasteiger partial charge >= 0.3 is 0 Å². The first kappa shape index (κ1) is 17.6. The van der Waals surface area contributed by atoms with Crippen molar-refractivity contribution in [1.82, 2.24) is 10.2 Å². The van der Waals surface area contributed by atoms with Crippen molar-refractivity contribution in [3.63, 3.8) is 0 Å². The zero-order chi connectivity index (χ0) is 16.8. The number of hydrogen-bond acceptors (Lipinski definition) is 3. The van der Waals surface area contributed by atoms with Crippen LogP contribution in [0, 0.1) is 0 Å². The molecule has 1 fully saturated rings. The molecular weight excluding hydrogens is 384 g/mol. The van der Waals surface area contributed by atoms with Crippen molar-refractivity contribution in [3.8, 4) is 0 Å². The molecule has 128 valence electrons. The Hall–Kier alpha value is -1.17. The van der Waals surface area contributed by atoms with Crippen molar-refractivity contribution in [3.05, 3.63) is 56.7 Å². The molecule has 1 aromatic heterocycles. The standard InChI is InChI=1S/C19H23BrN2OS/c20-16-9-4-3-8-15(16)19(23)21-14-17(18-10-7-13-24-18)22-11-5-1-2-6-12-22/h3-4,7-10,13,17H,1-2,5-6,11-12,14H2,(H,21,23). The molecule has 0 bridgehead atoms. The number of hydrogen-bond donors (Lipinski definition) is 1. The first-order chi connectivity index (χ1) is 11.8. The lowest BCUT2D eigenvalue weighted by Gasteiger charge is -2.30. The van der Waals surface area contributed by atoms with E-state index in [0.29, 0.717) is 12.1 Å². The molecule has 5 heteroatoms. The van der Waals surface area contributed by atoms with Gasteiger partial charge in [-0.15, -0.1) is 11.3 Å². The van der Waals surface area contributed by atoms with E-state index in [9.17, 15) is 4.79 Å². The summed E-state index contributed by atoms with van der Waals surface area (Å²) in [5.74, 6) is -0.0150. The normalized spacial score (nSPS) is 17.2. The van der Waals surface area contributed by atoms with Crippen LogP contribution < -0.4 is 5.32 Å². The van der Waals surface area contributed by atoms with E-state index in [0.717, 1.165) is 17.6 Å². The van der Waals surface area contributed by atoms with E-state index in [4.69, 9.17) is 0 Å². The second-order valence-corrected chi connectivity index (χ2v) is 8.00. The van der Waals surface area contributed by atoms with E-state index in [1.165, 1.54) is 30.6 Å². The Kier molecular flexibility index (Phi) is 6.46. The average Bonchev–Trinajstić information content (AvgIpc) is 2.98. The minimum absolute atomic E-state index is 0.0150. The van der Waals surface area contributed by atoms with Crippen LogP contribution in [0.15, 0.2) is 46.3 Å². The highest BCUT2D eigenvalue weighted by Crippen LogP contribution is 2.27. The first-order valence-corrected chi connectivity index (χ1v) is 10.2. The van der Waals surface area contributed by atoms with E-state index >= 15 is 0 Å². The second kappa shape index (κ2) is 8.79. The van der Waals surface area contributed by atoms with E-state index in [2.05, 4.69) is 43.7 Å². The summed E-state index contributed by atoms with van der Waals surface area (Å²) >= 11 is 5.24. The minimum atomic E-state index is -0.0150. The number of nitrogens with one attached hydrogen (secondary N) is 1. The monoisotopic (exact) mass is 406 g/mol.